The number of benzene rings is 8. The number of allylic oxidation sites excluding steroid dienone is 8. The molecule has 2 nitrogen and oxygen atoms in total. The lowest BCUT2D eigenvalue weighted by Crippen LogP contribution is -2.16. The maximum absolute atomic E-state index is 8.42. The molecule has 0 amide bonds. The average molecular weight is 767 g/mol. The van der Waals surface area contributed by atoms with Gasteiger partial charge in [0.05, 0.1) is 11.8 Å². The molecule has 0 bridgehead atoms. The van der Waals surface area contributed by atoms with Crippen LogP contribution in [0.4, 0.5) is 0 Å². The van der Waals surface area contributed by atoms with Crippen LogP contribution >= 0.6 is 0 Å². The molecule has 2 unspecified atom stereocenters. The van der Waals surface area contributed by atoms with Crippen molar-refractivity contribution in [3.05, 3.63) is 212 Å². The number of nitrogens with zero attached hydrogens (tertiary/aromatic N) is 1. The summed E-state index contributed by atoms with van der Waals surface area (Å²) in [6.07, 6.45) is 22.4. The Labute approximate surface area is 351 Å². The molecule has 2 atom stereocenters. The van der Waals surface area contributed by atoms with E-state index in [1.807, 2.05) is 18.2 Å². The van der Waals surface area contributed by atoms with Gasteiger partial charge in [-0.2, -0.15) is 0 Å². The summed E-state index contributed by atoms with van der Waals surface area (Å²) in [6, 6.07) is 56.1. The summed E-state index contributed by atoms with van der Waals surface area (Å²) in [5, 5.41) is 16.1. The molecule has 60 heavy (non-hydrogen) atoms. The molecule has 1 N–H and O–H groups in total. The zero-order valence-corrected chi connectivity index (χ0v) is 33.2. The van der Waals surface area contributed by atoms with Gasteiger partial charge in [-0.3, -0.25) is 4.99 Å². The van der Waals surface area contributed by atoms with E-state index in [-0.39, 0.29) is 12.0 Å². The molecule has 0 radical (unpaired) electrons. The molecule has 2 heteroatoms. The van der Waals surface area contributed by atoms with Gasteiger partial charge in [-0.05, 0) is 130 Å². The summed E-state index contributed by atoms with van der Waals surface area (Å²) in [4.78, 5) is 4.43. The van der Waals surface area contributed by atoms with Crippen LogP contribution in [0.15, 0.2) is 211 Å². The Morgan fingerprint density at radius 2 is 1.08 bits per heavy atom. The predicted octanol–water partition coefficient (Wildman–Crippen LogP) is 15.3. The third-order valence-electron chi connectivity index (χ3n) is 12.5. The summed E-state index contributed by atoms with van der Waals surface area (Å²) in [6.45, 7) is 0. The van der Waals surface area contributed by atoms with Crippen LogP contribution in [0.2, 0.25) is 0 Å². The summed E-state index contributed by atoms with van der Waals surface area (Å²) >= 11 is 0. The van der Waals surface area contributed by atoms with Gasteiger partial charge in [0, 0.05) is 6.21 Å². The lowest BCUT2D eigenvalue weighted by atomic mass is 9.82. The van der Waals surface area contributed by atoms with Gasteiger partial charge in [0.25, 0.3) is 0 Å². The van der Waals surface area contributed by atoms with E-state index < -0.39 is 0 Å². The van der Waals surface area contributed by atoms with Crippen LogP contribution in [-0.2, 0) is 0 Å². The Hall–Kier alpha value is -7.42. The molecule has 284 valence electrons. The molecule has 0 saturated heterocycles. The number of hydrogen-bond acceptors (Lipinski definition) is 2. The van der Waals surface area contributed by atoms with Gasteiger partial charge < -0.3 is 5.41 Å². The van der Waals surface area contributed by atoms with Gasteiger partial charge in [0.2, 0.25) is 0 Å². The first-order chi connectivity index (χ1) is 29.7. The third-order valence-corrected chi connectivity index (χ3v) is 12.5. The number of nitrogens with one attached hydrogen (secondary N) is 1. The van der Waals surface area contributed by atoms with Gasteiger partial charge in [-0.25, -0.2) is 0 Å². The van der Waals surface area contributed by atoms with Crippen molar-refractivity contribution in [3.8, 4) is 55.6 Å². The second-order valence-corrected chi connectivity index (χ2v) is 16.0. The second kappa shape index (κ2) is 15.1. The molecule has 0 spiro atoms. The largest absolute Gasteiger partial charge is 0.303 e. The third kappa shape index (κ3) is 6.03. The second-order valence-electron chi connectivity index (χ2n) is 16.0. The normalized spacial score (nSPS) is 16.7. The van der Waals surface area contributed by atoms with Crippen molar-refractivity contribution < 1.29 is 0 Å². The highest BCUT2D eigenvalue weighted by Gasteiger charge is 2.31. The zero-order valence-electron chi connectivity index (χ0n) is 33.2. The maximum Gasteiger partial charge on any atom is 0.0946 e. The van der Waals surface area contributed by atoms with Crippen LogP contribution in [0, 0.1) is 11.3 Å². The molecule has 8 aromatic rings. The monoisotopic (exact) mass is 766 g/mol. The van der Waals surface area contributed by atoms with Crippen LogP contribution in [0.1, 0.15) is 18.4 Å². The van der Waals surface area contributed by atoms with E-state index >= 15 is 0 Å². The molecule has 1 aliphatic heterocycles. The first kappa shape index (κ1) is 35.7. The number of fused-ring (bicyclic) bond motifs is 5. The minimum Gasteiger partial charge on any atom is -0.303 e. The first-order valence-electron chi connectivity index (χ1n) is 21.0. The summed E-state index contributed by atoms with van der Waals surface area (Å²) in [5.41, 5.74) is 16.0. The van der Waals surface area contributed by atoms with Crippen LogP contribution in [0.5, 0.6) is 0 Å². The topological polar surface area (TPSA) is 36.2 Å². The van der Waals surface area contributed by atoms with E-state index in [0.29, 0.717) is 5.71 Å². The summed E-state index contributed by atoms with van der Waals surface area (Å²) < 4.78 is 0. The van der Waals surface area contributed by atoms with Crippen LogP contribution in [0.25, 0.3) is 93.5 Å². The van der Waals surface area contributed by atoms with Crippen molar-refractivity contribution in [1.82, 2.24) is 0 Å². The Morgan fingerprint density at radius 3 is 1.75 bits per heavy atom. The SMILES string of the molecule is N=C(/C=C\C=C\C1C=CC=C(c2ccc(-c3ccc4c5c(cccc35)-c3c-4c(-c4ccccc4)c4ccccc4c3-c3ccccc3)c3ccccc23)C1)C1CC=CC=N1. The highest BCUT2D eigenvalue weighted by atomic mass is 14.8. The van der Waals surface area contributed by atoms with E-state index in [9.17, 15) is 0 Å². The Balaban J connectivity index is 1.02. The zero-order chi connectivity index (χ0) is 40.0. The number of rotatable bonds is 8. The van der Waals surface area contributed by atoms with Crippen molar-refractivity contribution in [2.24, 2.45) is 10.9 Å². The van der Waals surface area contributed by atoms with E-state index in [0.717, 1.165) is 12.8 Å². The molecular formula is C58H42N2. The highest BCUT2D eigenvalue weighted by molar-refractivity contribution is 6.29. The van der Waals surface area contributed by atoms with Crippen LogP contribution in [-0.4, -0.2) is 18.0 Å². The van der Waals surface area contributed by atoms with Crippen molar-refractivity contribution in [3.63, 3.8) is 0 Å². The fourth-order valence-corrected chi connectivity index (χ4v) is 9.86. The predicted molar refractivity (Wildman–Crippen MR) is 257 cm³/mol. The molecule has 11 rings (SSSR count). The van der Waals surface area contributed by atoms with E-state index in [1.165, 1.54) is 99.1 Å². The van der Waals surface area contributed by atoms with Gasteiger partial charge >= 0.3 is 0 Å². The Bertz CT molecular complexity index is 3120. The fraction of sp³-hybridized carbons (Fsp3) is 0.0690. The molecule has 0 aromatic heterocycles. The fourth-order valence-electron chi connectivity index (χ4n) is 9.86. The van der Waals surface area contributed by atoms with E-state index in [4.69, 9.17) is 5.41 Å². The summed E-state index contributed by atoms with van der Waals surface area (Å²) in [5.74, 6) is 0.272. The average Bonchev–Trinajstić information content (AvgIpc) is 3.65. The van der Waals surface area contributed by atoms with E-state index in [2.05, 4.69) is 193 Å². The van der Waals surface area contributed by atoms with Crippen molar-refractivity contribution in [2.75, 3.05) is 0 Å². The minimum absolute atomic E-state index is 0.0814. The van der Waals surface area contributed by atoms with E-state index in [1.54, 1.807) is 6.21 Å². The quantitative estimate of drug-likeness (QED) is 0.118. The van der Waals surface area contributed by atoms with Gasteiger partial charge in [0.15, 0.2) is 0 Å². The number of hydrogen-bond donors (Lipinski definition) is 1. The molecular weight excluding hydrogens is 725 g/mol. The van der Waals surface area contributed by atoms with Crippen molar-refractivity contribution >= 4 is 49.8 Å². The molecule has 0 fully saturated rings. The smallest absolute Gasteiger partial charge is 0.0946 e. The highest BCUT2D eigenvalue weighted by Crippen LogP contribution is 2.58. The maximum atomic E-state index is 8.42. The number of dihydropyridines is 1. The van der Waals surface area contributed by atoms with Gasteiger partial charge in [0.1, 0.15) is 0 Å². The lowest BCUT2D eigenvalue weighted by Gasteiger charge is -2.20. The Morgan fingerprint density at radius 1 is 0.517 bits per heavy atom. The molecule has 3 aliphatic rings. The summed E-state index contributed by atoms with van der Waals surface area (Å²) in [7, 11) is 0. The molecule has 2 aliphatic carbocycles. The first-order valence-corrected chi connectivity index (χ1v) is 21.0. The minimum atomic E-state index is -0.0814. The number of aliphatic imine (C=N–C) groups is 1. The molecule has 1 heterocycles. The molecule has 0 saturated carbocycles. The lowest BCUT2D eigenvalue weighted by molar-refractivity contribution is 0.837. The Kier molecular flexibility index (Phi) is 8.97. The standard InChI is InChI=1S/C58H42N2/c59-52(53-31-13-14-36-60-53)30-12-7-17-38-18-15-23-41(37-38)42-32-33-45(44-25-9-8-24-43(42)44)46-34-35-51-56-47(46)28-16-29-50(56)57-54(39-19-3-1-4-20-39)48-26-10-11-27-49(48)55(58(51)57)40-21-5-2-6-22-40/h1-30,32-36,38,53,59H,31,37H2/b17-7+,30-12-,59-52?. The van der Waals surface area contributed by atoms with Crippen LogP contribution in [0.3, 0.4) is 0 Å². The van der Waals surface area contributed by atoms with Crippen molar-refractivity contribution in [1.29, 1.82) is 5.41 Å². The van der Waals surface area contributed by atoms with Crippen LogP contribution < -0.4 is 0 Å². The van der Waals surface area contributed by atoms with Gasteiger partial charge in [-0.15, -0.1) is 0 Å². The van der Waals surface area contributed by atoms with Crippen molar-refractivity contribution in [2.45, 2.75) is 18.9 Å². The van der Waals surface area contributed by atoms with Gasteiger partial charge in [-0.1, -0.05) is 194 Å². The molecule has 8 aromatic carbocycles.